The molecule has 0 spiro atoms. The minimum atomic E-state index is -0.0596. The smallest absolute Gasteiger partial charge is 0.180 e. The normalized spacial score (nSPS) is 38.0. The Balaban J connectivity index is 1.90. The Bertz CT molecular complexity index is 148. The zero-order chi connectivity index (χ0) is 6.97. The molecule has 0 aliphatic carbocycles. The molecule has 2 aliphatic heterocycles. The monoisotopic (exact) mass is 141 g/mol. The molecule has 0 aromatic rings. The van der Waals surface area contributed by atoms with Gasteiger partial charge in [0.2, 0.25) is 0 Å². The van der Waals surface area contributed by atoms with Gasteiger partial charge in [-0.25, -0.2) is 0 Å². The van der Waals surface area contributed by atoms with Crippen molar-refractivity contribution >= 4 is 5.78 Å². The topological polar surface area (TPSA) is 41.6 Å². The molecule has 0 aromatic heterocycles. The van der Waals surface area contributed by atoms with Crippen molar-refractivity contribution in [1.82, 2.24) is 5.32 Å². The predicted molar refractivity (Wildman–Crippen MR) is 35.8 cm³/mol. The Hall–Kier alpha value is -0.410. The van der Waals surface area contributed by atoms with Crippen LogP contribution in [-0.4, -0.2) is 31.1 Å². The van der Waals surface area contributed by atoms with E-state index in [1.54, 1.807) is 0 Å². The minimum absolute atomic E-state index is 0.0596. The summed E-state index contributed by atoms with van der Waals surface area (Å²) in [6.45, 7) is 1.64. The van der Waals surface area contributed by atoms with Crippen LogP contribution in [0.25, 0.3) is 0 Å². The molecule has 1 unspecified atom stereocenters. The molecule has 2 saturated heterocycles. The lowest BCUT2D eigenvalue weighted by atomic mass is 10.1. The quantitative estimate of drug-likeness (QED) is 0.537. The fourth-order valence-electron chi connectivity index (χ4n) is 1.36. The Morgan fingerprint density at radius 1 is 1.60 bits per heavy atom. The van der Waals surface area contributed by atoms with Crippen LogP contribution in [0.15, 0.2) is 0 Å². The summed E-state index contributed by atoms with van der Waals surface area (Å²) in [5.41, 5.74) is 0. The van der Waals surface area contributed by atoms with E-state index in [1.165, 1.54) is 0 Å². The summed E-state index contributed by atoms with van der Waals surface area (Å²) < 4.78 is 4.89. The zero-order valence-corrected chi connectivity index (χ0v) is 5.80. The van der Waals surface area contributed by atoms with Crippen molar-refractivity contribution in [2.45, 2.75) is 25.0 Å². The highest BCUT2D eigenvalue weighted by Crippen LogP contribution is 2.16. The lowest BCUT2D eigenvalue weighted by molar-refractivity contribution is -0.121. The summed E-state index contributed by atoms with van der Waals surface area (Å²) in [5, 5.41) is 3.15. The number of carbonyl (C=O) groups is 1. The van der Waals surface area contributed by atoms with E-state index < -0.39 is 0 Å². The van der Waals surface area contributed by atoms with Gasteiger partial charge in [-0.3, -0.25) is 4.79 Å². The van der Waals surface area contributed by atoms with Gasteiger partial charge in [-0.2, -0.15) is 0 Å². The van der Waals surface area contributed by atoms with E-state index in [9.17, 15) is 4.79 Å². The molecule has 0 bridgehead atoms. The van der Waals surface area contributed by atoms with Gasteiger partial charge in [0, 0.05) is 0 Å². The van der Waals surface area contributed by atoms with Gasteiger partial charge in [0.25, 0.3) is 0 Å². The maximum Gasteiger partial charge on any atom is 0.180 e. The van der Waals surface area contributed by atoms with Crippen LogP contribution in [0.2, 0.25) is 0 Å². The zero-order valence-electron chi connectivity index (χ0n) is 5.80. The standard InChI is InChI=1S/C7H11NO2/c9-7(6-4-10-6)5-2-1-3-8-5/h5-6,8H,1-4H2/t5-,6?/m1/s1. The maximum absolute atomic E-state index is 11.2. The highest BCUT2D eigenvalue weighted by molar-refractivity contribution is 5.90. The third-order valence-electron chi connectivity index (χ3n) is 2.05. The van der Waals surface area contributed by atoms with Crippen LogP contribution in [0, 0.1) is 0 Å². The van der Waals surface area contributed by atoms with Gasteiger partial charge >= 0.3 is 0 Å². The number of ether oxygens (including phenoxy) is 1. The van der Waals surface area contributed by atoms with Gasteiger partial charge < -0.3 is 10.1 Å². The Morgan fingerprint density at radius 2 is 2.40 bits per heavy atom. The third-order valence-corrected chi connectivity index (χ3v) is 2.05. The molecule has 0 radical (unpaired) electrons. The number of nitrogens with one attached hydrogen (secondary N) is 1. The maximum atomic E-state index is 11.2. The van der Waals surface area contributed by atoms with E-state index in [2.05, 4.69) is 5.32 Å². The molecule has 2 atom stereocenters. The van der Waals surface area contributed by atoms with Gasteiger partial charge in [0.1, 0.15) is 6.10 Å². The van der Waals surface area contributed by atoms with Crippen LogP contribution in [0.1, 0.15) is 12.8 Å². The summed E-state index contributed by atoms with van der Waals surface area (Å²) in [6.07, 6.45) is 2.07. The Kier molecular flexibility index (Phi) is 1.47. The lowest BCUT2D eigenvalue weighted by Crippen LogP contribution is -2.33. The van der Waals surface area contributed by atoms with Crippen LogP contribution >= 0.6 is 0 Å². The number of hydrogen-bond donors (Lipinski definition) is 1. The molecule has 2 aliphatic rings. The summed E-state index contributed by atoms with van der Waals surface area (Å²) in [5.74, 6) is 0.262. The van der Waals surface area contributed by atoms with E-state index in [0.29, 0.717) is 6.61 Å². The van der Waals surface area contributed by atoms with Crippen molar-refractivity contribution in [1.29, 1.82) is 0 Å². The molecule has 10 heavy (non-hydrogen) atoms. The van der Waals surface area contributed by atoms with Gasteiger partial charge in [0.15, 0.2) is 5.78 Å². The van der Waals surface area contributed by atoms with E-state index in [4.69, 9.17) is 4.74 Å². The summed E-state index contributed by atoms with van der Waals surface area (Å²) >= 11 is 0. The predicted octanol–water partition coefficient (Wildman–Crippen LogP) is -0.294. The minimum Gasteiger partial charge on any atom is -0.365 e. The molecule has 2 heterocycles. The summed E-state index contributed by atoms with van der Waals surface area (Å²) in [4.78, 5) is 11.2. The van der Waals surface area contributed by atoms with Gasteiger partial charge in [-0.05, 0) is 19.4 Å². The van der Waals surface area contributed by atoms with Crippen molar-refractivity contribution in [2.75, 3.05) is 13.2 Å². The number of Topliss-reactive ketones (excluding diaryl/α,β-unsaturated/α-hetero) is 1. The second-order valence-corrected chi connectivity index (χ2v) is 2.87. The number of hydrogen-bond acceptors (Lipinski definition) is 3. The Labute approximate surface area is 59.7 Å². The number of carbonyl (C=O) groups excluding carboxylic acids is 1. The van der Waals surface area contributed by atoms with Crippen molar-refractivity contribution < 1.29 is 9.53 Å². The van der Waals surface area contributed by atoms with Crippen LogP contribution < -0.4 is 5.32 Å². The molecule has 2 fully saturated rings. The van der Waals surface area contributed by atoms with E-state index >= 15 is 0 Å². The van der Waals surface area contributed by atoms with E-state index in [-0.39, 0.29) is 17.9 Å². The largest absolute Gasteiger partial charge is 0.365 e. The molecule has 56 valence electrons. The van der Waals surface area contributed by atoms with Crippen LogP contribution in [0.4, 0.5) is 0 Å². The van der Waals surface area contributed by atoms with Gasteiger partial charge in [0.05, 0.1) is 12.6 Å². The fraction of sp³-hybridized carbons (Fsp3) is 0.857. The van der Waals surface area contributed by atoms with E-state index in [1.807, 2.05) is 0 Å². The number of epoxide rings is 1. The summed E-state index contributed by atoms with van der Waals surface area (Å²) in [6, 6.07) is 0.104. The number of rotatable bonds is 2. The second kappa shape index (κ2) is 2.32. The number of ketones is 1. The van der Waals surface area contributed by atoms with Gasteiger partial charge in [-0.15, -0.1) is 0 Å². The average Bonchev–Trinajstić information content (AvgIpc) is 2.65. The first-order valence-electron chi connectivity index (χ1n) is 3.76. The van der Waals surface area contributed by atoms with E-state index in [0.717, 1.165) is 19.4 Å². The van der Waals surface area contributed by atoms with Crippen LogP contribution in [0.3, 0.4) is 0 Å². The molecule has 3 nitrogen and oxygen atoms in total. The van der Waals surface area contributed by atoms with Crippen molar-refractivity contribution in [2.24, 2.45) is 0 Å². The molecule has 0 saturated carbocycles. The van der Waals surface area contributed by atoms with Crippen molar-refractivity contribution in [3.8, 4) is 0 Å². The highest BCUT2D eigenvalue weighted by atomic mass is 16.6. The first-order chi connectivity index (χ1) is 4.88. The molecular formula is C7H11NO2. The second-order valence-electron chi connectivity index (χ2n) is 2.87. The van der Waals surface area contributed by atoms with Crippen LogP contribution in [0.5, 0.6) is 0 Å². The third kappa shape index (κ3) is 1.07. The molecule has 2 rings (SSSR count). The lowest BCUT2D eigenvalue weighted by Gasteiger charge is -2.04. The first kappa shape index (κ1) is 6.31. The molecule has 3 heteroatoms. The van der Waals surface area contributed by atoms with Crippen molar-refractivity contribution in [3.05, 3.63) is 0 Å². The average molecular weight is 141 g/mol. The van der Waals surface area contributed by atoms with Crippen LogP contribution in [-0.2, 0) is 9.53 Å². The SMILES string of the molecule is O=C(C1CO1)[C@H]1CCCN1. The fourth-order valence-corrected chi connectivity index (χ4v) is 1.36. The van der Waals surface area contributed by atoms with Crippen molar-refractivity contribution in [3.63, 3.8) is 0 Å². The molecule has 0 amide bonds. The molecule has 0 aromatic carbocycles. The Morgan fingerprint density at radius 3 is 2.90 bits per heavy atom. The molecular weight excluding hydrogens is 130 g/mol. The highest BCUT2D eigenvalue weighted by Gasteiger charge is 2.37. The summed E-state index contributed by atoms with van der Waals surface area (Å²) in [7, 11) is 0. The first-order valence-corrected chi connectivity index (χ1v) is 3.76. The van der Waals surface area contributed by atoms with Gasteiger partial charge in [-0.1, -0.05) is 0 Å². The molecule has 1 N–H and O–H groups in total.